The molecule has 1 aromatic carbocycles. The first-order valence-electron chi connectivity index (χ1n) is 7.79. The van der Waals surface area contributed by atoms with Crippen LogP contribution in [-0.2, 0) is 16.1 Å². The van der Waals surface area contributed by atoms with Crippen molar-refractivity contribution in [1.29, 1.82) is 5.26 Å². The van der Waals surface area contributed by atoms with Crippen LogP contribution in [0.15, 0.2) is 24.3 Å². The van der Waals surface area contributed by atoms with Crippen molar-refractivity contribution in [2.24, 2.45) is 5.92 Å². The zero-order valence-electron chi connectivity index (χ0n) is 13.1. The SMILES string of the molecule is CC(C)C12CCC(C)(O1)C(OCc1ccccc1C#N)C2. The van der Waals surface area contributed by atoms with Gasteiger partial charge in [-0.2, -0.15) is 5.26 Å². The molecule has 0 spiro atoms. The Kier molecular flexibility index (Phi) is 3.55. The molecule has 0 amide bonds. The summed E-state index contributed by atoms with van der Waals surface area (Å²) < 4.78 is 12.5. The smallest absolute Gasteiger partial charge is 0.0995 e. The summed E-state index contributed by atoms with van der Waals surface area (Å²) in [6.07, 6.45) is 3.29. The minimum atomic E-state index is -0.161. The summed E-state index contributed by atoms with van der Waals surface area (Å²) >= 11 is 0. The molecule has 1 aromatic rings. The number of ether oxygens (including phenoxy) is 2. The largest absolute Gasteiger partial charge is 0.370 e. The third kappa shape index (κ3) is 2.37. The molecule has 0 N–H and O–H groups in total. The lowest BCUT2D eigenvalue weighted by Gasteiger charge is -2.31. The first kappa shape index (κ1) is 14.6. The van der Waals surface area contributed by atoms with E-state index in [0.29, 0.717) is 18.1 Å². The van der Waals surface area contributed by atoms with Crippen LogP contribution in [0.4, 0.5) is 0 Å². The van der Waals surface area contributed by atoms with Gasteiger partial charge in [-0.05, 0) is 37.3 Å². The molecule has 3 atom stereocenters. The van der Waals surface area contributed by atoms with Gasteiger partial charge in [0.2, 0.25) is 0 Å². The van der Waals surface area contributed by atoms with E-state index >= 15 is 0 Å². The number of benzene rings is 1. The van der Waals surface area contributed by atoms with E-state index in [9.17, 15) is 0 Å². The molecule has 2 heterocycles. The summed E-state index contributed by atoms with van der Waals surface area (Å²) in [4.78, 5) is 0. The molecule has 3 rings (SSSR count). The van der Waals surface area contributed by atoms with Gasteiger partial charge in [0.05, 0.1) is 35.5 Å². The van der Waals surface area contributed by atoms with E-state index in [1.807, 2.05) is 24.3 Å². The summed E-state index contributed by atoms with van der Waals surface area (Å²) in [5.74, 6) is 0.513. The Hall–Kier alpha value is -1.37. The molecule has 21 heavy (non-hydrogen) atoms. The van der Waals surface area contributed by atoms with Crippen LogP contribution < -0.4 is 0 Å². The highest BCUT2D eigenvalue weighted by Crippen LogP contribution is 2.55. The molecule has 3 heteroatoms. The van der Waals surface area contributed by atoms with Crippen molar-refractivity contribution in [2.75, 3.05) is 0 Å². The molecule has 0 aromatic heterocycles. The monoisotopic (exact) mass is 285 g/mol. The van der Waals surface area contributed by atoms with E-state index in [1.54, 1.807) is 0 Å². The highest BCUT2D eigenvalue weighted by atomic mass is 16.6. The fourth-order valence-corrected chi connectivity index (χ4v) is 3.75. The Bertz CT molecular complexity index is 577. The van der Waals surface area contributed by atoms with Crippen molar-refractivity contribution in [2.45, 2.75) is 63.9 Å². The van der Waals surface area contributed by atoms with Gasteiger partial charge in [0.1, 0.15) is 0 Å². The second-order valence-corrected chi connectivity index (χ2v) is 6.91. The van der Waals surface area contributed by atoms with Gasteiger partial charge in [-0.15, -0.1) is 0 Å². The van der Waals surface area contributed by atoms with E-state index in [0.717, 1.165) is 24.8 Å². The van der Waals surface area contributed by atoms with Crippen LogP contribution in [0.25, 0.3) is 0 Å². The molecule has 2 aliphatic rings. The van der Waals surface area contributed by atoms with Crippen LogP contribution in [0, 0.1) is 17.2 Å². The van der Waals surface area contributed by atoms with Gasteiger partial charge in [0.25, 0.3) is 0 Å². The van der Waals surface area contributed by atoms with Gasteiger partial charge in [-0.25, -0.2) is 0 Å². The second-order valence-electron chi connectivity index (χ2n) is 6.91. The van der Waals surface area contributed by atoms with Gasteiger partial charge in [-0.1, -0.05) is 32.0 Å². The van der Waals surface area contributed by atoms with Crippen LogP contribution in [0.2, 0.25) is 0 Å². The van der Waals surface area contributed by atoms with E-state index in [-0.39, 0.29) is 17.3 Å². The number of hydrogen-bond acceptors (Lipinski definition) is 3. The average molecular weight is 285 g/mol. The lowest BCUT2D eigenvalue weighted by molar-refractivity contribution is -0.0960. The molecule has 3 unspecified atom stereocenters. The summed E-state index contributed by atoms with van der Waals surface area (Å²) in [6, 6.07) is 9.87. The first-order valence-corrected chi connectivity index (χ1v) is 7.79. The van der Waals surface area contributed by atoms with Gasteiger partial charge in [-0.3, -0.25) is 0 Å². The van der Waals surface area contributed by atoms with Gasteiger partial charge in [0, 0.05) is 6.42 Å². The van der Waals surface area contributed by atoms with Crippen molar-refractivity contribution >= 4 is 0 Å². The Morgan fingerprint density at radius 2 is 2.14 bits per heavy atom. The molecule has 3 nitrogen and oxygen atoms in total. The van der Waals surface area contributed by atoms with Gasteiger partial charge >= 0.3 is 0 Å². The quantitative estimate of drug-likeness (QED) is 0.844. The second kappa shape index (κ2) is 5.12. The van der Waals surface area contributed by atoms with Gasteiger partial charge < -0.3 is 9.47 Å². The predicted octanol–water partition coefficient (Wildman–Crippen LogP) is 3.81. The Balaban J connectivity index is 1.71. The standard InChI is InChI=1S/C18H23NO2/c1-13(2)18-9-8-17(3,21-18)16(10-18)20-12-15-7-5-4-6-14(15)11-19/h4-7,13,16H,8-10,12H2,1-3H3. The molecule has 2 saturated heterocycles. The number of nitriles is 1. The molecule has 2 aliphatic heterocycles. The highest BCUT2D eigenvalue weighted by Gasteiger charge is 2.60. The Labute approximate surface area is 126 Å². The van der Waals surface area contributed by atoms with Crippen molar-refractivity contribution < 1.29 is 9.47 Å². The topological polar surface area (TPSA) is 42.2 Å². The van der Waals surface area contributed by atoms with E-state index in [1.165, 1.54) is 0 Å². The molecule has 0 saturated carbocycles. The minimum Gasteiger partial charge on any atom is -0.370 e. The van der Waals surface area contributed by atoms with Crippen molar-refractivity contribution in [3.05, 3.63) is 35.4 Å². The average Bonchev–Trinajstić information content (AvgIpc) is 2.97. The molecule has 2 fully saturated rings. The molecule has 0 aliphatic carbocycles. The number of hydrogen-bond donors (Lipinski definition) is 0. The van der Waals surface area contributed by atoms with Crippen LogP contribution in [0.5, 0.6) is 0 Å². The Morgan fingerprint density at radius 1 is 1.38 bits per heavy atom. The Morgan fingerprint density at radius 3 is 2.81 bits per heavy atom. The third-order valence-corrected chi connectivity index (χ3v) is 5.32. The maximum absolute atomic E-state index is 9.15. The molecule has 2 bridgehead atoms. The van der Waals surface area contributed by atoms with Crippen molar-refractivity contribution in [3.63, 3.8) is 0 Å². The fourth-order valence-electron chi connectivity index (χ4n) is 3.75. The van der Waals surface area contributed by atoms with Crippen LogP contribution in [0.1, 0.15) is 51.2 Å². The highest BCUT2D eigenvalue weighted by molar-refractivity contribution is 5.36. The number of rotatable bonds is 4. The number of fused-ring (bicyclic) bond motifs is 2. The zero-order chi connectivity index (χ0) is 15.1. The molecular weight excluding hydrogens is 262 g/mol. The van der Waals surface area contributed by atoms with Crippen LogP contribution >= 0.6 is 0 Å². The number of nitrogens with zero attached hydrogens (tertiary/aromatic N) is 1. The van der Waals surface area contributed by atoms with E-state index in [4.69, 9.17) is 14.7 Å². The van der Waals surface area contributed by atoms with E-state index in [2.05, 4.69) is 26.8 Å². The summed E-state index contributed by atoms with van der Waals surface area (Å²) in [6.45, 7) is 7.13. The van der Waals surface area contributed by atoms with Gasteiger partial charge in [0.15, 0.2) is 0 Å². The van der Waals surface area contributed by atoms with Crippen LogP contribution in [0.3, 0.4) is 0 Å². The molecular formula is C18H23NO2. The van der Waals surface area contributed by atoms with E-state index < -0.39 is 0 Å². The lowest BCUT2D eigenvalue weighted by Crippen LogP contribution is -2.38. The summed E-state index contributed by atoms with van der Waals surface area (Å²) in [5.41, 5.74) is 1.50. The zero-order valence-corrected chi connectivity index (χ0v) is 13.1. The summed E-state index contributed by atoms with van der Waals surface area (Å²) in [5, 5.41) is 9.15. The minimum absolute atomic E-state index is 0.00579. The van der Waals surface area contributed by atoms with Crippen LogP contribution in [-0.4, -0.2) is 17.3 Å². The normalized spacial score (nSPS) is 34.3. The fraction of sp³-hybridized carbons (Fsp3) is 0.611. The lowest BCUT2D eigenvalue weighted by atomic mass is 9.75. The molecule has 0 radical (unpaired) electrons. The van der Waals surface area contributed by atoms with Crippen molar-refractivity contribution in [3.8, 4) is 6.07 Å². The first-order chi connectivity index (χ1) is 9.99. The molecule has 112 valence electrons. The maximum Gasteiger partial charge on any atom is 0.0995 e. The third-order valence-electron chi connectivity index (χ3n) is 5.32. The predicted molar refractivity (Wildman–Crippen MR) is 80.6 cm³/mol. The summed E-state index contributed by atoms with van der Waals surface area (Å²) in [7, 11) is 0. The van der Waals surface area contributed by atoms with Crippen molar-refractivity contribution in [1.82, 2.24) is 0 Å². The maximum atomic E-state index is 9.15.